The molecule has 9 heavy (non-hydrogen) atoms. The van der Waals surface area contributed by atoms with E-state index in [1.807, 2.05) is 0 Å². The summed E-state index contributed by atoms with van der Waals surface area (Å²) in [4.78, 5) is 16.6. The molecule has 0 fully saturated rings. The quantitative estimate of drug-likeness (QED) is 0.301. The van der Waals surface area contributed by atoms with Crippen LogP contribution in [0.2, 0.25) is 0 Å². The van der Waals surface area contributed by atoms with Crippen LogP contribution >= 0.6 is 0 Å². The van der Waals surface area contributed by atoms with E-state index in [0.717, 1.165) is 0 Å². The molecule has 0 heterocycles. The number of hydrogen-bond donors (Lipinski definition) is 1. The van der Waals surface area contributed by atoms with Gasteiger partial charge in [-0.05, 0) is 0 Å². The number of hydrogen-bond acceptors (Lipinski definition) is 5. The van der Waals surface area contributed by atoms with Crippen LogP contribution in [0.15, 0.2) is 0 Å². The Bertz CT molecular complexity index is 69.1. The van der Waals surface area contributed by atoms with Crippen LogP contribution in [0, 0.1) is 25.4 Å². The Morgan fingerprint density at radius 1 is 1.11 bits per heavy atom. The average Bonchev–Trinajstić information content (AvgIpc) is 1.25. The van der Waals surface area contributed by atoms with Crippen LogP contribution in [-0.4, -0.2) is 15.4 Å². The summed E-state index contributed by atoms with van der Waals surface area (Å²) in [6.07, 6.45) is 0. The Morgan fingerprint density at radius 2 is 1.11 bits per heavy atom. The summed E-state index contributed by atoms with van der Waals surface area (Å²) in [5.41, 5.74) is 0. The molecule has 0 aromatic carbocycles. The Kier molecular flexibility index (Phi) is 17.4. The molecule has 0 bridgehead atoms. The van der Waals surface area contributed by atoms with E-state index in [4.69, 9.17) is 30.6 Å². The van der Waals surface area contributed by atoms with Crippen molar-refractivity contribution < 1.29 is 32.4 Å². The van der Waals surface area contributed by atoms with E-state index in [0.29, 0.717) is 0 Å². The first-order valence-corrected chi connectivity index (χ1v) is 1.11. The predicted octanol–water partition coefficient (Wildman–Crippen LogP) is -0.589. The average molecular weight is 181 g/mol. The fourth-order valence-corrected chi connectivity index (χ4v) is 0. The second kappa shape index (κ2) is 10.0. The van der Waals surface area contributed by atoms with Gasteiger partial charge in [0.05, 0.1) is 5.09 Å². The third-order valence-corrected chi connectivity index (χ3v) is 0. The maximum Gasteiger partial charge on any atom is 0.291 e. The standard InChI is InChI=1S/Fe.HNO3.NO3/c;2*2-1(3)4/h;(H,2,3,4);/q;;-1. The normalized spacial score (nSPS) is 5.33. The van der Waals surface area contributed by atoms with E-state index < -0.39 is 10.2 Å². The summed E-state index contributed by atoms with van der Waals surface area (Å²) in [6.45, 7) is 0. The largest absolute Gasteiger partial charge is 0.356 e. The van der Waals surface area contributed by atoms with Crippen LogP contribution in [0.5, 0.6) is 0 Å². The Hall–Kier alpha value is -1.08. The Morgan fingerprint density at radius 3 is 1.11 bits per heavy atom. The van der Waals surface area contributed by atoms with Crippen molar-refractivity contribution in [1.29, 1.82) is 0 Å². The monoisotopic (exact) mass is 181 g/mol. The first-order chi connectivity index (χ1) is 3.46. The molecule has 0 atom stereocenters. The molecular formula is HFeN2O6-. The summed E-state index contributed by atoms with van der Waals surface area (Å²) in [5, 5.41) is 28.4. The van der Waals surface area contributed by atoms with E-state index in [9.17, 15) is 0 Å². The number of rotatable bonds is 0. The zero-order valence-electron chi connectivity index (χ0n) is 3.74. The van der Waals surface area contributed by atoms with E-state index in [1.165, 1.54) is 0 Å². The van der Waals surface area contributed by atoms with E-state index in [2.05, 4.69) is 0 Å². The van der Waals surface area contributed by atoms with Crippen molar-refractivity contribution in [3.8, 4) is 0 Å². The number of nitrogens with zero attached hydrogens (tertiary/aromatic N) is 2. The van der Waals surface area contributed by atoms with Crippen molar-refractivity contribution in [1.82, 2.24) is 0 Å². The van der Waals surface area contributed by atoms with Gasteiger partial charge in [-0.25, -0.2) is 0 Å². The topological polar surface area (TPSA) is 130 Å². The molecule has 0 spiro atoms. The maximum absolute atomic E-state index is 8.36. The molecule has 8 nitrogen and oxygen atoms in total. The van der Waals surface area contributed by atoms with Gasteiger partial charge in [0.15, 0.2) is 0 Å². The molecule has 0 rings (SSSR count). The van der Waals surface area contributed by atoms with Gasteiger partial charge in [0.25, 0.3) is 5.09 Å². The van der Waals surface area contributed by atoms with E-state index in [1.54, 1.807) is 0 Å². The third-order valence-electron chi connectivity index (χ3n) is 0. The van der Waals surface area contributed by atoms with Gasteiger partial charge in [0.2, 0.25) is 0 Å². The molecule has 1 N–H and O–H groups in total. The molecule has 0 saturated carbocycles. The molecule has 0 aromatic rings. The molecule has 0 amide bonds. The Labute approximate surface area is 58.8 Å². The zero-order chi connectivity index (χ0) is 7.15. The minimum atomic E-state index is -1.75. The minimum absolute atomic E-state index is 0. The molecule has 9 heteroatoms. The van der Waals surface area contributed by atoms with Gasteiger partial charge < -0.3 is 20.5 Å². The summed E-state index contributed by atoms with van der Waals surface area (Å²) < 4.78 is 0. The van der Waals surface area contributed by atoms with Gasteiger partial charge >= 0.3 is 0 Å². The first kappa shape index (κ1) is 15.7. The van der Waals surface area contributed by atoms with Gasteiger partial charge in [-0.15, -0.1) is 10.1 Å². The molecular weight excluding hydrogens is 180 g/mol. The summed E-state index contributed by atoms with van der Waals surface area (Å²) >= 11 is 0. The third kappa shape index (κ3) is 143. The summed E-state index contributed by atoms with van der Waals surface area (Å²) in [5.74, 6) is 0. The van der Waals surface area contributed by atoms with Crippen molar-refractivity contribution in [2.45, 2.75) is 0 Å². The van der Waals surface area contributed by atoms with Gasteiger partial charge in [0.1, 0.15) is 0 Å². The Balaban J connectivity index is -0.0000000720. The summed E-state index contributed by atoms with van der Waals surface area (Å²) in [7, 11) is 0. The van der Waals surface area contributed by atoms with Crippen molar-refractivity contribution in [2.75, 3.05) is 0 Å². The second-order valence-corrected chi connectivity index (χ2v) is 0.461. The van der Waals surface area contributed by atoms with Gasteiger partial charge in [-0.2, -0.15) is 0 Å². The molecule has 0 aliphatic rings. The smallest absolute Gasteiger partial charge is 0.291 e. The molecule has 0 saturated heterocycles. The first-order valence-electron chi connectivity index (χ1n) is 1.11. The van der Waals surface area contributed by atoms with Crippen molar-refractivity contribution in [3.05, 3.63) is 25.4 Å². The molecule has 0 aromatic heterocycles. The summed E-state index contributed by atoms with van der Waals surface area (Å²) in [6, 6.07) is 0. The van der Waals surface area contributed by atoms with Crippen LogP contribution in [0.3, 0.4) is 0 Å². The second-order valence-electron chi connectivity index (χ2n) is 0.461. The van der Waals surface area contributed by atoms with Gasteiger partial charge in [-0.1, -0.05) is 0 Å². The zero-order valence-corrected chi connectivity index (χ0v) is 4.84. The van der Waals surface area contributed by atoms with Crippen LogP contribution in [-0.2, 0) is 17.1 Å². The molecule has 56 valence electrons. The van der Waals surface area contributed by atoms with Gasteiger partial charge in [0, 0.05) is 17.1 Å². The fraction of sp³-hybridized carbons (Fsp3) is 0. The van der Waals surface area contributed by atoms with Crippen LogP contribution in [0.4, 0.5) is 0 Å². The van der Waals surface area contributed by atoms with Crippen molar-refractivity contribution in [3.63, 3.8) is 0 Å². The van der Waals surface area contributed by atoms with Crippen molar-refractivity contribution in [2.24, 2.45) is 0 Å². The molecule has 0 aliphatic heterocycles. The van der Waals surface area contributed by atoms with Crippen molar-refractivity contribution >= 4 is 0 Å². The fourth-order valence-electron chi connectivity index (χ4n) is 0. The molecule has 0 unspecified atom stereocenters. The van der Waals surface area contributed by atoms with E-state index >= 15 is 0 Å². The van der Waals surface area contributed by atoms with E-state index in [-0.39, 0.29) is 17.1 Å². The maximum atomic E-state index is 8.36. The van der Waals surface area contributed by atoms with Crippen LogP contribution in [0.25, 0.3) is 0 Å². The predicted molar refractivity (Wildman–Crippen MR) is 19.1 cm³/mol. The molecule has 0 radical (unpaired) electrons. The minimum Gasteiger partial charge on any atom is -0.356 e. The SMILES string of the molecule is O=[N+]([O-])O.O=[N+]([O-])[O-].[Fe]. The molecule has 0 aliphatic carbocycles. The van der Waals surface area contributed by atoms with Crippen LogP contribution in [0.1, 0.15) is 0 Å². The van der Waals surface area contributed by atoms with Crippen LogP contribution < -0.4 is 0 Å². The van der Waals surface area contributed by atoms with Gasteiger partial charge in [-0.3, -0.25) is 0 Å².